The van der Waals surface area contributed by atoms with Crippen LogP contribution in [0.25, 0.3) is 21.7 Å². The van der Waals surface area contributed by atoms with Gasteiger partial charge in [0.1, 0.15) is 0 Å². The van der Waals surface area contributed by atoms with Crippen LogP contribution in [0.3, 0.4) is 0 Å². The minimum atomic E-state index is 0.689. The molecule has 1 heterocycles. The molecule has 0 aliphatic carbocycles. The van der Waals surface area contributed by atoms with Crippen LogP contribution in [-0.2, 0) is 0 Å². The van der Waals surface area contributed by atoms with E-state index < -0.39 is 0 Å². The lowest BCUT2D eigenvalue weighted by atomic mass is 10.1. The first-order valence-corrected chi connectivity index (χ1v) is 5.21. The van der Waals surface area contributed by atoms with Crippen LogP contribution >= 0.6 is 0 Å². The topological polar surface area (TPSA) is 22.1 Å². The van der Waals surface area contributed by atoms with Gasteiger partial charge in [-0.05, 0) is 17.5 Å². The fourth-order valence-electron chi connectivity index (χ4n) is 2.03. The number of ether oxygens (including phenoxy) is 1. The maximum absolute atomic E-state index is 5.32. The first-order chi connectivity index (χ1) is 7.90. The van der Waals surface area contributed by atoms with Crippen molar-refractivity contribution in [1.82, 2.24) is 4.98 Å². The van der Waals surface area contributed by atoms with Crippen LogP contribution in [0.15, 0.2) is 48.5 Å². The highest BCUT2D eigenvalue weighted by Gasteiger charge is 2.06. The quantitative estimate of drug-likeness (QED) is 0.573. The number of hydrogen-bond acceptors (Lipinski definition) is 2. The molecule has 0 atom stereocenters. The van der Waals surface area contributed by atoms with Crippen molar-refractivity contribution < 1.29 is 4.74 Å². The van der Waals surface area contributed by atoms with E-state index in [4.69, 9.17) is 4.74 Å². The monoisotopic (exact) mass is 209 g/mol. The second-order valence-corrected chi connectivity index (χ2v) is 3.68. The number of pyridine rings is 1. The molecule has 0 amide bonds. The molecule has 3 rings (SSSR count). The Labute approximate surface area is 93.5 Å². The van der Waals surface area contributed by atoms with Gasteiger partial charge < -0.3 is 4.74 Å². The number of fused-ring (bicyclic) bond motifs is 3. The third-order valence-electron chi connectivity index (χ3n) is 2.77. The summed E-state index contributed by atoms with van der Waals surface area (Å²) < 4.78 is 5.32. The van der Waals surface area contributed by atoms with Crippen molar-refractivity contribution in [2.45, 2.75) is 0 Å². The van der Waals surface area contributed by atoms with E-state index in [1.807, 2.05) is 36.4 Å². The molecule has 0 spiro atoms. The van der Waals surface area contributed by atoms with Crippen LogP contribution in [0, 0.1) is 0 Å². The number of nitrogens with zero attached hydrogens (tertiary/aromatic N) is 1. The van der Waals surface area contributed by atoms with Crippen molar-refractivity contribution in [3.05, 3.63) is 48.5 Å². The van der Waals surface area contributed by atoms with E-state index in [0.29, 0.717) is 5.88 Å². The standard InChI is InChI=1S/C14H11NO/c1-16-14-12-8-3-2-6-10(12)11-7-4-5-9-13(11)15-14/h2-9H,1H3. The lowest BCUT2D eigenvalue weighted by Gasteiger charge is -2.07. The number of rotatable bonds is 1. The zero-order valence-corrected chi connectivity index (χ0v) is 8.97. The van der Waals surface area contributed by atoms with Gasteiger partial charge in [0.05, 0.1) is 12.6 Å². The van der Waals surface area contributed by atoms with Crippen molar-refractivity contribution in [1.29, 1.82) is 0 Å². The Morgan fingerprint density at radius 3 is 2.19 bits per heavy atom. The highest BCUT2D eigenvalue weighted by atomic mass is 16.5. The van der Waals surface area contributed by atoms with Crippen LogP contribution in [-0.4, -0.2) is 12.1 Å². The zero-order valence-electron chi connectivity index (χ0n) is 8.97. The van der Waals surface area contributed by atoms with Crippen LogP contribution in [0.2, 0.25) is 0 Å². The molecule has 0 aliphatic heterocycles. The molecule has 0 N–H and O–H groups in total. The van der Waals surface area contributed by atoms with Gasteiger partial charge in [0, 0.05) is 10.8 Å². The van der Waals surface area contributed by atoms with Gasteiger partial charge in [-0.3, -0.25) is 0 Å². The van der Waals surface area contributed by atoms with E-state index in [-0.39, 0.29) is 0 Å². The van der Waals surface area contributed by atoms with E-state index >= 15 is 0 Å². The molecule has 2 nitrogen and oxygen atoms in total. The summed E-state index contributed by atoms with van der Waals surface area (Å²) in [5.74, 6) is 0.689. The largest absolute Gasteiger partial charge is 0.481 e. The zero-order chi connectivity index (χ0) is 11.0. The van der Waals surface area contributed by atoms with Gasteiger partial charge in [-0.1, -0.05) is 36.4 Å². The fraction of sp³-hybridized carbons (Fsp3) is 0.0714. The molecule has 16 heavy (non-hydrogen) atoms. The summed E-state index contributed by atoms with van der Waals surface area (Å²) in [6.45, 7) is 0. The van der Waals surface area contributed by atoms with Gasteiger partial charge in [-0.2, -0.15) is 0 Å². The number of methoxy groups -OCH3 is 1. The molecule has 78 valence electrons. The average molecular weight is 209 g/mol. The summed E-state index contributed by atoms with van der Waals surface area (Å²) in [6, 6.07) is 16.3. The van der Waals surface area contributed by atoms with E-state index in [1.54, 1.807) is 7.11 Å². The Bertz CT molecular complexity index is 661. The number of hydrogen-bond donors (Lipinski definition) is 0. The van der Waals surface area contributed by atoms with Crippen molar-refractivity contribution in [2.75, 3.05) is 7.11 Å². The van der Waals surface area contributed by atoms with Crippen molar-refractivity contribution in [3.63, 3.8) is 0 Å². The normalized spacial score (nSPS) is 10.8. The molecule has 2 heteroatoms. The third-order valence-corrected chi connectivity index (χ3v) is 2.77. The SMILES string of the molecule is COc1nc2ccccc2c2ccccc12. The summed E-state index contributed by atoms with van der Waals surface area (Å²) in [6.07, 6.45) is 0. The third kappa shape index (κ3) is 1.23. The van der Waals surface area contributed by atoms with Crippen molar-refractivity contribution in [3.8, 4) is 5.88 Å². The summed E-state index contributed by atoms with van der Waals surface area (Å²) >= 11 is 0. The Morgan fingerprint density at radius 2 is 1.44 bits per heavy atom. The number of benzene rings is 2. The van der Waals surface area contributed by atoms with Gasteiger partial charge in [0.15, 0.2) is 0 Å². The smallest absolute Gasteiger partial charge is 0.221 e. The first-order valence-electron chi connectivity index (χ1n) is 5.21. The molecular weight excluding hydrogens is 198 g/mol. The van der Waals surface area contributed by atoms with Gasteiger partial charge in [0.25, 0.3) is 0 Å². The summed E-state index contributed by atoms with van der Waals surface area (Å²) in [5.41, 5.74) is 0.970. The predicted octanol–water partition coefficient (Wildman–Crippen LogP) is 3.40. The summed E-state index contributed by atoms with van der Waals surface area (Å²) in [7, 11) is 1.66. The molecule has 2 aromatic carbocycles. The molecule has 0 saturated carbocycles. The van der Waals surface area contributed by atoms with Crippen LogP contribution in [0.4, 0.5) is 0 Å². The minimum absolute atomic E-state index is 0.689. The maximum Gasteiger partial charge on any atom is 0.221 e. The van der Waals surface area contributed by atoms with Gasteiger partial charge >= 0.3 is 0 Å². The molecule has 1 aromatic heterocycles. The maximum atomic E-state index is 5.32. The van der Waals surface area contributed by atoms with E-state index in [9.17, 15) is 0 Å². The predicted molar refractivity (Wildman–Crippen MR) is 65.8 cm³/mol. The second kappa shape index (κ2) is 3.49. The van der Waals surface area contributed by atoms with Crippen molar-refractivity contribution in [2.24, 2.45) is 0 Å². The summed E-state index contributed by atoms with van der Waals surface area (Å²) in [5, 5.41) is 3.41. The highest BCUT2D eigenvalue weighted by Crippen LogP contribution is 2.29. The molecule has 0 aliphatic rings. The number of aromatic nitrogens is 1. The molecule has 0 bridgehead atoms. The lowest BCUT2D eigenvalue weighted by Crippen LogP contribution is -1.90. The Balaban J connectivity index is 2.57. The first kappa shape index (κ1) is 9.16. The Kier molecular flexibility index (Phi) is 2.00. The van der Waals surface area contributed by atoms with Crippen molar-refractivity contribution >= 4 is 21.7 Å². The average Bonchev–Trinajstić information content (AvgIpc) is 2.38. The van der Waals surface area contributed by atoms with Gasteiger partial charge in [-0.15, -0.1) is 0 Å². The summed E-state index contributed by atoms with van der Waals surface area (Å²) in [4.78, 5) is 4.50. The molecular formula is C14H11NO. The van der Waals surface area contributed by atoms with Crippen LogP contribution in [0.5, 0.6) is 5.88 Å². The second-order valence-electron chi connectivity index (χ2n) is 3.68. The lowest BCUT2D eigenvalue weighted by molar-refractivity contribution is 0.405. The highest BCUT2D eigenvalue weighted by molar-refractivity contribution is 6.07. The Hall–Kier alpha value is -2.09. The number of para-hydroxylation sites is 1. The molecule has 3 aromatic rings. The van der Waals surface area contributed by atoms with Crippen LogP contribution in [0.1, 0.15) is 0 Å². The Morgan fingerprint density at radius 1 is 0.812 bits per heavy atom. The minimum Gasteiger partial charge on any atom is -0.481 e. The van der Waals surface area contributed by atoms with E-state index in [2.05, 4.69) is 17.1 Å². The fourth-order valence-corrected chi connectivity index (χ4v) is 2.03. The molecule has 0 unspecified atom stereocenters. The molecule has 0 saturated heterocycles. The van der Waals surface area contributed by atoms with Crippen LogP contribution < -0.4 is 4.74 Å². The van der Waals surface area contributed by atoms with E-state index in [1.165, 1.54) is 10.8 Å². The molecule has 0 fully saturated rings. The van der Waals surface area contributed by atoms with Gasteiger partial charge in [0.2, 0.25) is 5.88 Å². The van der Waals surface area contributed by atoms with Gasteiger partial charge in [-0.25, -0.2) is 4.98 Å². The molecule has 0 radical (unpaired) electrons. The van der Waals surface area contributed by atoms with E-state index in [0.717, 1.165) is 10.9 Å².